The van der Waals surface area contributed by atoms with Crippen LogP contribution in [0.1, 0.15) is 11.1 Å². The first kappa shape index (κ1) is 22.7. The molecule has 3 aromatic rings. The van der Waals surface area contributed by atoms with Gasteiger partial charge in [0.2, 0.25) is 0 Å². The Morgan fingerprint density at radius 2 is 1.74 bits per heavy atom. The predicted octanol–water partition coefficient (Wildman–Crippen LogP) is 4.49. The maximum Gasteiger partial charge on any atom is 0.335 e. The Kier molecular flexibility index (Phi) is 6.37. The van der Waals surface area contributed by atoms with Crippen LogP contribution in [-0.2, 0) is 16.2 Å². The Labute approximate surface area is 198 Å². The molecule has 3 aromatic carbocycles. The van der Waals surface area contributed by atoms with Crippen LogP contribution >= 0.6 is 11.6 Å². The number of benzene rings is 3. The van der Waals surface area contributed by atoms with Crippen molar-refractivity contribution in [3.63, 3.8) is 0 Å². The summed E-state index contributed by atoms with van der Waals surface area (Å²) >= 11 is 6.15. The van der Waals surface area contributed by atoms with E-state index in [2.05, 4.69) is 5.32 Å². The van der Waals surface area contributed by atoms with Crippen LogP contribution in [0.2, 0.25) is 5.02 Å². The number of nitrogens with one attached hydrogen (secondary N) is 1. The van der Waals surface area contributed by atoms with Crippen LogP contribution in [-0.4, -0.2) is 22.8 Å². The van der Waals surface area contributed by atoms with Crippen molar-refractivity contribution in [2.75, 3.05) is 4.90 Å². The molecule has 0 aliphatic carbocycles. The Morgan fingerprint density at radius 3 is 2.50 bits per heavy atom. The number of urea groups is 1. The summed E-state index contributed by atoms with van der Waals surface area (Å²) in [5.41, 5.74) is 0.759. The van der Waals surface area contributed by atoms with E-state index in [1.807, 2.05) is 0 Å². The van der Waals surface area contributed by atoms with E-state index in [0.717, 1.165) is 4.90 Å². The van der Waals surface area contributed by atoms with Gasteiger partial charge in [0.05, 0.1) is 15.6 Å². The van der Waals surface area contributed by atoms with E-state index in [1.165, 1.54) is 30.3 Å². The number of anilines is 1. The van der Waals surface area contributed by atoms with Gasteiger partial charge in [0.1, 0.15) is 17.9 Å². The number of hydrogen-bond donors (Lipinski definition) is 1. The van der Waals surface area contributed by atoms with Gasteiger partial charge in [-0.25, -0.2) is 9.69 Å². The Balaban J connectivity index is 1.63. The van der Waals surface area contributed by atoms with Crippen molar-refractivity contribution >= 4 is 46.9 Å². The van der Waals surface area contributed by atoms with Gasteiger partial charge >= 0.3 is 6.03 Å². The standard InChI is InChI=1S/C24H16ClN3O6/c25-19-9-2-3-10-20(19)27-23(30)18(22(29)26-24(27)31)13-16-7-1-4-11-21(16)34-14-15-6-5-8-17(12-15)28(32)33/h1-13H,14H2,(H,26,29,31)/b18-13+. The molecule has 0 saturated carbocycles. The lowest BCUT2D eigenvalue weighted by Gasteiger charge is -2.27. The van der Waals surface area contributed by atoms with Crippen molar-refractivity contribution in [3.05, 3.63) is 105 Å². The predicted molar refractivity (Wildman–Crippen MR) is 124 cm³/mol. The number of carbonyl (C=O) groups excluding carboxylic acids is 3. The number of rotatable bonds is 6. The lowest BCUT2D eigenvalue weighted by Crippen LogP contribution is -2.54. The van der Waals surface area contributed by atoms with Crippen molar-refractivity contribution in [2.24, 2.45) is 0 Å². The summed E-state index contributed by atoms with van der Waals surface area (Å²) in [4.78, 5) is 49.3. The van der Waals surface area contributed by atoms with Crippen molar-refractivity contribution in [1.29, 1.82) is 0 Å². The number of nitro groups is 1. The van der Waals surface area contributed by atoms with E-state index in [1.54, 1.807) is 48.5 Å². The zero-order chi connectivity index (χ0) is 24.2. The van der Waals surface area contributed by atoms with Gasteiger partial charge in [0, 0.05) is 17.7 Å². The Hall–Kier alpha value is -4.50. The lowest BCUT2D eigenvalue weighted by molar-refractivity contribution is -0.384. The number of nitro benzene ring substituents is 1. The minimum atomic E-state index is -0.907. The molecule has 0 aromatic heterocycles. The first-order valence-corrected chi connectivity index (χ1v) is 10.3. The summed E-state index contributed by atoms with van der Waals surface area (Å²) in [5.74, 6) is -1.36. The second kappa shape index (κ2) is 9.55. The number of hydrogen-bond acceptors (Lipinski definition) is 6. The number of non-ortho nitro benzene ring substituents is 1. The van der Waals surface area contributed by atoms with Gasteiger partial charge in [-0.05, 0) is 29.8 Å². The number of halogens is 1. The summed E-state index contributed by atoms with van der Waals surface area (Å²) in [6.07, 6.45) is 1.32. The molecule has 10 heteroatoms. The summed E-state index contributed by atoms with van der Waals surface area (Å²) < 4.78 is 5.81. The van der Waals surface area contributed by atoms with Gasteiger partial charge in [-0.3, -0.25) is 25.0 Å². The van der Waals surface area contributed by atoms with Crippen LogP contribution in [0, 0.1) is 10.1 Å². The molecule has 1 saturated heterocycles. The van der Waals surface area contributed by atoms with E-state index >= 15 is 0 Å². The van der Waals surface area contributed by atoms with E-state index in [0.29, 0.717) is 16.9 Å². The Bertz CT molecular complexity index is 1350. The molecule has 4 rings (SSSR count). The highest BCUT2D eigenvalue weighted by molar-refractivity contribution is 6.42. The average molecular weight is 478 g/mol. The zero-order valence-electron chi connectivity index (χ0n) is 17.4. The molecule has 1 N–H and O–H groups in total. The molecule has 4 amide bonds. The molecule has 0 spiro atoms. The summed E-state index contributed by atoms with van der Waals surface area (Å²) in [6, 6.07) is 18.0. The van der Waals surface area contributed by atoms with Crippen LogP contribution < -0.4 is 15.0 Å². The van der Waals surface area contributed by atoms with Gasteiger partial charge in [-0.1, -0.05) is 54.1 Å². The topological polar surface area (TPSA) is 119 Å². The minimum absolute atomic E-state index is 0.0201. The smallest absolute Gasteiger partial charge is 0.335 e. The molecule has 1 aliphatic heterocycles. The number of imide groups is 2. The van der Waals surface area contributed by atoms with Crippen LogP contribution in [0.4, 0.5) is 16.2 Å². The number of para-hydroxylation sites is 2. The first-order valence-electron chi connectivity index (χ1n) is 9.96. The minimum Gasteiger partial charge on any atom is -0.488 e. The molecule has 1 heterocycles. The molecule has 1 aliphatic rings. The molecule has 0 bridgehead atoms. The molecule has 0 unspecified atom stereocenters. The fraction of sp³-hybridized carbons (Fsp3) is 0.0417. The zero-order valence-corrected chi connectivity index (χ0v) is 18.2. The molecular formula is C24H16ClN3O6. The SMILES string of the molecule is O=C1NC(=O)N(c2ccccc2Cl)C(=O)/C1=C/c1ccccc1OCc1cccc([N+](=O)[O-])c1. The highest BCUT2D eigenvalue weighted by Crippen LogP contribution is 2.30. The van der Waals surface area contributed by atoms with Crippen molar-refractivity contribution in [2.45, 2.75) is 6.61 Å². The van der Waals surface area contributed by atoms with Gasteiger partial charge in [0.15, 0.2) is 0 Å². The quantitative estimate of drug-likeness (QED) is 0.242. The normalized spacial score (nSPS) is 14.8. The molecule has 1 fully saturated rings. The van der Waals surface area contributed by atoms with Gasteiger partial charge in [-0.15, -0.1) is 0 Å². The first-order chi connectivity index (χ1) is 16.3. The third-order valence-electron chi connectivity index (χ3n) is 4.93. The Morgan fingerprint density at radius 1 is 1.00 bits per heavy atom. The number of carbonyl (C=O) groups is 3. The largest absolute Gasteiger partial charge is 0.488 e. The van der Waals surface area contributed by atoms with Gasteiger partial charge in [0.25, 0.3) is 17.5 Å². The third-order valence-corrected chi connectivity index (χ3v) is 5.25. The molecule has 170 valence electrons. The molecular weight excluding hydrogens is 462 g/mol. The third kappa shape index (κ3) is 4.64. The molecule has 0 radical (unpaired) electrons. The lowest BCUT2D eigenvalue weighted by atomic mass is 10.1. The van der Waals surface area contributed by atoms with Crippen LogP contribution in [0.3, 0.4) is 0 Å². The molecule has 0 atom stereocenters. The van der Waals surface area contributed by atoms with E-state index in [-0.39, 0.29) is 28.6 Å². The fourth-order valence-corrected chi connectivity index (χ4v) is 3.54. The van der Waals surface area contributed by atoms with Gasteiger partial charge in [-0.2, -0.15) is 0 Å². The number of barbiturate groups is 1. The maximum atomic E-state index is 13.1. The van der Waals surface area contributed by atoms with E-state index in [4.69, 9.17) is 16.3 Å². The maximum absolute atomic E-state index is 13.1. The van der Waals surface area contributed by atoms with Gasteiger partial charge < -0.3 is 4.74 Å². The van der Waals surface area contributed by atoms with Crippen molar-refractivity contribution in [3.8, 4) is 5.75 Å². The highest BCUT2D eigenvalue weighted by Gasteiger charge is 2.37. The van der Waals surface area contributed by atoms with E-state index in [9.17, 15) is 24.5 Å². The summed E-state index contributed by atoms with van der Waals surface area (Å²) in [6.45, 7) is 0.0201. The number of ether oxygens (including phenoxy) is 1. The molecule has 34 heavy (non-hydrogen) atoms. The van der Waals surface area contributed by atoms with E-state index < -0.39 is 22.8 Å². The number of nitrogens with zero attached hydrogens (tertiary/aromatic N) is 2. The van der Waals surface area contributed by atoms with Crippen LogP contribution in [0.25, 0.3) is 6.08 Å². The second-order valence-electron chi connectivity index (χ2n) is 7.16. The van der Waals surface area contributed by atoms with Crippen LogP contribution in [0.15, 0.2) is 78.4 Å². The van der Waals surface area contributed by atoms with Crippen LogP contribution in [0.5, 0.6) is 5.75 Å². The number of amides is 4. The summed E-state index contributed by atoms with van der Waals surface area (Å²) in [7, 11) is 0. The monoisotopic (exact) mass is 477 g/mol. The second-order valence-corrected chi connectivity index (χ2v) is 7.57. The average Bonchev–Trinajstić information content (AvgIpc) is 2.82. The van der Waals surface area contributed by atoms with Crippen molar-refractivity contribution < 1.29 is 24.0 Å². The fourth-order valence-electron chi connectivity index (χ4n) is 3.32. The van der Waals surface area contributed by atoms with Crippen molar-refractivity contribution in [1.82, 2.24) is 5.32 Å². The highest BCUT2D eigenvalue weighted by atomic mass is 35.5. The summed E-state index contributed by atoms with van der Waals surface area (Å²) in [5, 5.41) is 13.3. The molecule has 9 nitrogen and oxygen atoms in total.